The number of fused-ring (bicyclic) bond motifs is 5. The van der Waals surface area contributed by atoms with Crippen molar-refractivity contribution in [1.82, 2.24) is 10.0 Å². The molecule has 1 aliphatic heterocycles. The molecule has 7 nitrogen and oxygen atoms in total. The molecule has 174 valence electrons. The van der Waals surface area contributed by atoms with Crippen molar-refractivity contribution in [2.75, 3.05) is 7.11 Å². The standard InChI is InChI=1S/C26H23ClN2O5/c1-14(23(30)15-7-11-20(34-2)12-8-15)28(24(31)16-5-9-19(27)10-6-16)29-25(32)21-17-3-4-18(13-17)22(21)26(29)33/h3-12,14,17-18,21-22H,13H2,1-2H3/t14-,17-,18-,21-,22-/m0/s1. The third-order valence-electron chi connectivity index (χ3n) is 7.08. The van der Waals surface area contributed by atoms with Gasteiger partial charge in [0.15, 0.2) is 5.78 Å². The molecule has 2 aromatic rings. The summed E-state index contributed by atoms with van der Waals surface area (Å²) in [6, 6.07) is 11.5. The van der Waals surface area contributed by atoms with Crippen molar-refractivity contribution in [3.8, 4) is 5.75 Å². The third kappa shape index (κ3) is 3.42. The maximum absolute atomic E-state index is 13.7. The summed E-state index contributed by atoms with van der Waals surface area (Å²) in [6.07, 6.45) is 4.74. The highest BCUT2D eigenvalue weighted by Gasteiger charge is 2.61. The molecule has 5 atom stereocenters. The van der Waals surface area contributed by atoms with E-state index in [1.807, 2.05) is 12.2 Å². The van der Waals surface area contributed by atoms with Crippen LogP contribution in [0.15, 0.2) is 60.7 Å². The van der Waals surface area contributed by atoms with Gasteiger partial charge in [0, 0.05) is 16.1 Å². The largest absolute Gasteiger partial charge is 0.497 e. The minimum atomic E-state index is -1.10. The summed E-state index contributed by atoms with van der Waals surface area (Å²) in [5, 5.41) is 2.39. The molecular formula is C26H23ClN2O5. The Bertz CT molecular complexity index is 1180. The monoisotopic (exact) mass is 478 g/mol. The van der Waals surface area contributed by atoms with Gasteiger partial charge in [0.1, 0.15) is 11.8 Å². The first kappa shape index (κ1) is 22.3. The van der Waals surface area contributed by atoms with Gasteiger partial charge in [0.2, 0.25) is 0 Å². The molecule has 2 bridgehead atoms. The number of Topliss-reactive ketones (excluding diaryl/α,β-unsaturated/α-hetero) is 1. The lowest BCUT2D eigenvalue weighted by Gasteiger charge is -2.35. The molecule has 3 amide bonds. The molecule has 1 heterocycles. The maximum Gasteiger partial charge on any atom is 0.273 e. The van der Waals surface area contributed by atoms with Gasteiger partial charge in [-0.05, 0) is 73.7 Å². The number of hydrogen-bond acceptors (Lipinski definition) is 5. The molecule has 2 aromatic carbocycles. The molecule has 0 aromatic heterocycles. The zero-order valence-electron chi connectivity index (χ0n) is 18.7. The predicted molar refractivity (Wildman–Crippen MR) is 124 cm³/mol. The topological polar surface area (TPSA) is 84.0 Å². The van der Waals surface area contributed by atoms with Gasteiger partial charge < -0.3 is 4.74 Å². The molecule has 2 aliphatic carbocycles. The summed E-state index contributed by atoms with van der Waals surface area (Å²) < 4.78 is 5.15. The Labute approximate surface area is 201 Å². The molecule has 0 N–H and O–H groups in total. The Kier molecular flexibility index (Phi) is 5.52. The number of ether oxygens (including phenoxy) is 1. The number of hydrogen-bond donors (Lipinski definition) is 0. The number of rotatable bonds is 6. The van der Waals surface area contributed by atoms with Gasteiger partial charge in [-0.25, -0.2) is 5.01 Å². The van der Waals surface area contributed by atoms with Crippen LogP contribution in [0.2, 0.25) is 5.02 Å². The molecule has 0 spiro atoms. The van der Waals surface area contributed by atoms with E-state index in [0.29, 0.717) is 16.3 Å². The minimum Gasteiger partial charge on any atom is -0.497 e. The highest BCUT2D eigenvalue weighted by molar-refractivity contribution is 6.30. The van der Waals surface area contributed by atoms with Crippen molar-refractivity contribution in [1.29, 1.82) is 0 Å². The van der Waals surface area contributed by atoms with Crippen molar-refractivity contribution in [2.45, 2.75) is 19.4 Å². The van der Waals surface area contributed by atoms with Crippen LogP contribution in [-0.2, 0) is 9.59 Å². The van der Waals surface area contributed by atoms with E-state index in [9.17, 15) is 19.2 Å². The fourth-order valence-electron chi connectivity index (χ4n) is 5.37. The van der Waals surface area contributed by atoms with Gasteiger partial charge in [0.05, 0.1) is 18.9 Å². The number of halogens is 1. The lowest BCUT2D eigenvalue weighted by atomic mass is 9.85. The highest BCUT2D eigenvalue weighted by Crippen LogP contribution is 2.53. The van der Waals surface area contributed by atoms with Crippen LogP contribution < -0.4 is 4.74 Å². The Balaban J connectivity index is 1.53. The average Bonchev–Trinajstić information content (AvgIpc) is 3.54. The summed E-state index contributed by atoms with van der Waals surface area (Å²) in [4.78, 5) is 54.1. The quantitative estimate of drug-likeness (QED) is 0.358. The first-order valence-electron chi connectivity index (χ1n) is 11.1. The summed E-state index contributed by atoms with van der Waals surface area (Å²) in [7, 11) is 1.52. The normalized spacial score (nSPS) is 25.4. The van der Waals surface area contributed by atoms with E-state index in [4.69, 9.17) is 16.3 Å². The number of methoxy groups -OCH3 is 1. The first-order chi connectivity index (χ1) is 16.3. The number of benzene rings is 2. The van der Waals surface area contributed by atoms with Crippen LogP contribution in [0.3, 0.4) is 0 Å². The van der Waals surface area contributed by atoms with E-state index in [1.54, 1.807) is 36.4 Å². The number of nitrogens with zero attached hydrogens (tertiary/aromatic N) is 2. The number of amides is 3. The average molecular weight is 479 g/mol. The number of ketones is 1. The van der Waals surface area contributed by atoms with Gasteiger partial charge in [-0.1, -0.05) is 23.8 Å². The van der Waals surface area contributed by atoms with E-state index in [-0.39, 0.29) is 17.4 Å². The van der Waals surface area contributed by atoms with Crippen LogP contribution in [0.1, 0.15) is 34.1 Å². The molecule has 34 heavy (non-hydrogen) atoms. The maximum atomic E-state index is 13.7. The van der Waals surface area contributed by atoms with Crippen molar-refractivity contribution in [3.63, 3.8) is 0 Å². The zero-order valence-corrected chi connectivity index (χ0v) is 19.4. The molecular weight excluding hydrogens is 456 g/mol. The highest BCUT2D eigenvalue weighted by atomic mass is 35.5. The van der Waals surface area contributed by atoms with E-state index >= 15 is 0 Å². The van der Waals surface area contributed by atoms with Crippen molar-refractivity contribution in [2.24, 2.45) is 23.7 Å². The number of carbonyl (C=O) groups is 4. The second-order valence-electron chi connectivity index (χ2n) is 8.91. The second kappa shape index (κ2) is 8.40. The van der Waals surface area contributed by atoms with Crippen LogP contribution in [0.25, 0.3) is 0 Å². The SMILES string of the molecule is COc1ccc(C(=O)[C@H](C)N(C(=O)c2ccc(Cl)cc2)N2C(=O)[C@@H]3[C@@H](C2=O)[C@H]2C=C[C@H]3C2)cc1. The summed E-state index contributed by atoms with van der Waals surface area (Å²) >= 11 is 5.98. The van der Waals surface area contributed by atoms with Crippen molar-refractivity contribution < 1.29 is 23.9 Å². The lowest BCUT2D eigenvalue weighted by molar-refractivity contribution is -0.157. The van der Waals surface area contributed by atoms with Gasteiger partial charge >= 0.3 is 0 Å². The van der Waals surface area contributed by atoms with Crippen LogP contribution >= 0.6 is 11.6 Å². The van der Waals surface area contributed by atoms with Crippen LogP contribution in [-0.4, -0.2) is 46.7 Å². The molecule has 0 unspecified atom stereocenters. The fourth-order valence-corrected chi connectivity index (χ4v) is 5.50. The summed E-state index contributed by atoms with van der Waals surface area (Å²) in [5.41, 5.74) is 0.556. The van der Waals surface area contributed by atoms with Gasteiger partial charge in [-0.15, -0.1) is 0 Å². The van der Waals surface area contributed by atoms with Crippen LogP contribution in [0.4, 0.5) is 0 Å². The smallest absolute Gasteiger partial charge is 0.273 e. The molecule has 1 saturated carbocycles. The molecule has 5 rings (SSSR count). The van der Waals surface area contributed by atoms with E-state index in [1.165, 1.54) is 26.2 Å². The van der Waals surface area contributed by atoms with Gasteiger partial charge in [-0.3, -0.25) is 19.2 Å². The number of carbonyl (C=O) groups excluding carboxylic acids is 4. The van der Waals surface area contributed by atoms with Crippen molar-refractivity contribution in [3.05, 3.63) is 76.8 Å². The van der Waals surface area contributed by atoms with Crippen LogP contribution in [0, 0.1) is 23.7 Å². The molecule has 1 saturated heterocycles. The van der Waals surface area contributed by atoms with Gasteiger partial charge in [0.25, 0.3) is 17.7 Å². The summed E-state index contributed by atoms with van der Waals surface area (Å²) in [6.45, 7) is 1.53. The summed E-state index contributed by atoms with van der Waals surface area (Å²) in [5.74, 6) is -2.31. The molecule has 2 fully saturated rings. The number of allylic oxidation sites excluding steroid dienone is 2. The van der Waals surface area contributed by atoms with Crippen LogP contribution in [0.5, 0.6) is 5.75 Å². The fraction of sp³-hybridized carbons (Fsp3) is 0.308. The second-order valence-corrected chi connectivity index (χ2v) is 9.35. The number of hydrazine groups is 1. The van der Waals surface area contributed by atoms with E-state index < -0.39 is 41.4 Å². The number of imide groups is 1. The van der Waals surface area contributed by atoms with E-state index in [0.717, 1.165) is 16.4 Å². The van der Waals surface area contributed by atoms with E-state index in [2.05, 4.69) is 0 Å². The zero-order chi connectivity index (χ0) is 24.1. The third-order valence-corrected chi connectivity index (χ3v) is 7.33. The Morgan fingerprint density at radius 2 is 1.47 bits per heavy atom. The Morgan fingerprint density at radius 3 is 2.00 bits per heavy atom. The van der Waals surface area contributed by atoms with Crippen molar-refractivity contribution >= 4 is 35.1 Å². The molecule has 3 aliphatic rings. The minimum absolute atomic E-state index is 0.0171. The molecule has 0 radical (unpaired) electrons. The predicted octanol–water partition coefficient (Wildman–Crippen LogP) is 3.78. The van der Waals surface area contributed by atoms with Gasteiger partial charge in [-0.2, -0.15) is 5.01 Å². The Morgan fingerprint density at radius 1 is 0.941 bits per heavy atom. The Hall–Kier alpha value is -3.45. The lowest BCUT2D eigenvalue weighted by Crippen LogP contribution is -2.56. The first-order valence-corrected chi connectivity index (χ1v) is 11.5. The molecule has 8 heteroatoms.